The topological polar surface area (TPSA) is 140 Å². The van der Waals surface area contributed by atoms with Crippen molar-refractivity contribution in [3.8, 4) is 12.1 Å². The van der Waals surface area contributed by atoms with E-state index in [0.29, 0.717) is 40.0 Å². The highest BCUT2D eigenvalue weighted by atomic mass is 35.5. The Kier molecular flexibility index (Phi) is 13.0. The van der Waals surface area contributed by atoms with Crippen molar-refractivity contribution < 1.29 is 10.0 Å². The molecule has 0 saturated carbocycles. The fourth-order valence-electron chi connectivity index (χ4n) is 2.31. The summed E-state index contributed by atoms with van der Waals surface area (Å²) in [4.78, 5) is 0. The molecule has 6 N–H and O–H groups in total. The molecule has 8 heteroatoms. The third kappa shape index (κ3) is 12.0. The zero-order valence-electron chi connectivity index (χ0n) is 17.9. The van der Waals surface area contributed by atoms with Gasteiger partial charge in [-0.3, -0.25) is 0 Å². The van der Waals surface area contributed by atoms with Crippen LogP contribution in [-0.2, 0) is 6.42 Å². The molecule has 0 saturated heterocycles. The van der Waals surface area contributed by atoms with Crippen LogP contribution in [-0.4, -0.2) is 17.2 Å². The van der Waals surface area contributed by atoms with Crippen molar-refractivity contribution in [1.82, 2.24) is 0 Å². The van der Waals surface area contributed by atoms with Crippen molar-refractivity contribution in [2.45, 2.75) is 40.4 Å². The predicted molar refractivity (Wildman–Crippen MR) is 125 cm³/mol. The van der Waals surface area contributed by atoms with Gasteiger partial charge in [-0.1, -0.05) is 39.3 Å². The molecule has 2 rings (SSSR count). The normalized spacial score (nSPS) is 9.57. The Balaban J connectivity index is 0.000000442. The number of benzene rings is 2. The summed E-state index contributed by atoms with van der Waals surface area (Å²) < 4.78 is 0. The second-order valence-corrected chi connectivity index (χ2v) is 7.99. The van der Waals surface area contributed by atoms with Crippen molar-refractivity contribution in [1.29, 1.82) is 10.5 Å². The van der Waals surface area contributed by atoms with Crippen molar-refractivity contribution in [2.24, 2.45) is 11.8 Å². The van der Waals surface area contributed by atoms with Gasteiger partial charge in [-0.2, -0.15) is 10.5 Å². The summed E-state index contributed by atoms with van der Waals surface area (Å²) >= 11 is 5.62. The average molecular weight is 429 g/mol. The summed E-state index contributed by atoms with van der Waals surface area (Å²) in [5.41, 5.74) is 14.8. The van der Waals surface area contributed by atoms with E-state index in [-0.39, 0.29) is 0 Å². The molecule has 160 valence electrons. The van der Waals surface area contributed by atoms with Crippen LogP contribution in [0, 0.1) is 34.5 Å². The van der Waals surface area contributed by atoms with E-state index in [9.17, 15) is 0 Å². The molecule has 6 nitrogen and oxygen atoms in total. The number of halogens is 1. The van der Waals surface area contributed by atoms with Crippen LogP contribution in [0.1, 0.15) is 44.4 Å². The number of hydrogen-bond donors (Lipinski definition) is 4. The summed E-state index contributed by atoms with van der Waals surface area (Å²) in [7, 11) is -1.13. The second kappa shape index (κ2) is 14.3. The van der Waals surface area contributed by atoms with E-state index in [1.165, 1.54) is 6.07 Å². The van der Waals surface area contributed by atoms with E-state index in [4.69, 9.17) is 43.6 Å². The molecule has 0 aliphatic carbocycles. The lowest BCUT2D eigenvalue weighted by Gasteiger charge is -2.08. The van der Waals surface area contributed by atoms with Crippen molar-refractivity contribution >= 4 is 30.1 Å². The molecule has 0 radical (unpaired) electrons. The second-order valence-electron chi connectivity index (χ2n) is 7.58. The van der Waals surface area contributed by atoms with Crippen LogP contribution in [0.25, 0.3) is 0 Å². The molecular formula is C22H30BClN4O2. The smallest absolute Gasteiger partial charge is 0.427 e. The average Bonchev–Trinajstić information content (AvgIpc) is 2.65. The fraction of sp³-hybridized carbons (Fsp3) is 0.364. The number of nitrogens with zero attached hydrogens (tertiary/aromatic N) is 2. The molecule has 0 spiro atoms. The minimum absolute atomic E-state index is 0.375. The summed E-state index contributed by atoms with van der Waals surface area (Å²) in [5.74, 6) is 0.941. The molecule has 0 fully saturated rings. The number of nitrogens with two attached hydrogens (primary N) is 2. The number of hydrogen-bond acceptors (Lipinski definition) is 6. The Morgan fingerprint density at radius 1 is 0.900 bits per heavy atom. The molecule has 0 bridgehead atoms. The zero-order chi connectivity index (χ0) is 23.3. The van der Waals surface area contributed by atoms with Gasteiger partial charge in [0.2, 0.25) is 0 Å². The Morgan fingerprint density at radius 2 is 1.40 bits per heavy atom. The summed E-state index contributed by atoms with van der Waals surface area (Å²) in [6.45, 7) is 8.16. The monoisotopic (exact) mass is 428 g/mol. The van der Waals surface area contributed by atoms with Gasteiger partial charge in [-0.15, -0.1) is 0 Å². The minimum atomic E-state index is -1.13. The first-order chi connectivity index (χ1) is 14.0. The van der Waals surface area contributed by atoms with E-state index in [1.807, 2.05) is 26.0 Å². The van der Waals surface area contributed by atoms with Gasteiger partial charge < -0.3 is 21.5 Å². The zero-order valence-corrected chi connectivity index (χ0v) is 18.7. The quantitative estimate of drug-likeness (QED) is 0.424. The van der Waals surface area contributed by atoms with Gasteiger partial charge in [-0.25, -0.2) is 0 Å². The van der Waals surface area contributed by atoms with Crippen LogP contribution in [0.4, 0.5) is 11.4 Å². The molecule has 0 aliphatic rings. The van der Waals surface area contributed by atoms with Crippen LogP contribution in [0.3, 0.4) is 0 Å². The minimum Gasteiger partial charge on any atom is -0.427 e. The first-order valence-corrected chi connectivity index (χ1v) is 9.97. The highest BCUT2D eigenvalue weighted by molar-refractivity contribution is 6.41. The first kappa shape index (κ1) is 27.3. The molecule has 30 heavy (non-hydrogen) atoms. The third-order valence-electron chi connectivity index (χ3n) is 3.71. The number of anilines is 2. The molecule has 2 aromatic carbocycles. The summed E-state index contributed by atoms with van der Waals surface area (Å²) in [5, 5.41) is 34.1. The number of nitriles is 2. The molecule has 0 heterocycles. The van der Waals surface area contributed by atoms with Gasteiger partial charge in [0, 0.05) is 5.69 Å². The van der Waals surface area contributed by atoms with E-state index < -0.39 is 7.12 Å². The fourth-order valence-corrected chi connectivity index (χ4v) is 2.49. The molecule has 0 aliphatic heterocycles. The van der Waals surface area contributed by atoms with E-state index in [0.717, 1.165) is 17.7 Å². The Bertz CT molecular complexity index is 868. The molecule has 0 amide bonds. The van der Waals surface area contributed by atoms with Gasteiger partial charge in [0.25, 0.3) is 0 Å². The molecular weight excluding hydrogens is 399 g/mol. The lowest BCUT2D eigenvalue weighted by Crippen LogP contribution is -2.12. The van der Waals surface area contributed by atoms with E-state index in [1.54, 1.807) is 24.3 Å². The van der Waals surface area contributed by atoms with Crippen LogP contribution >= 0.6 is 11.6 Å². The maximum Gasteiger partial charge on any atom is 0.451 e. The highest BCUT2D eigenvalue weighted by Gasteiger charge is 2.07. The Labute approximate surface area is 184 Å². The van der Waals surface area contributed by atoms with Crippen LogP contribution in [0.5, 0.6) is 0 Å². The van der Waals surface area contributed by atoms with Gasteiger partial charge in [0.15, 0.2) is 0 Å². The number of rotatable bonds is 4. The van der Waals surface area contributed by atoms with Gasteiger partial charge in [0.1, 0.15) is 0 Å². The van der Waals surface area contributed by atoms with Crippen molar-refractivity contribution in [2.75, 3.05) is 11.5 Å². The van der Waals surface area contributed by atoms with Crippen LogP contribution < -0.4 is 11.5 Å². The molecule has 0 atom stereocenters. The first-order valence-electron chi connectivity index (χ1n) is 9.59. The van der Waals surface area contributed by atoms with Crippen molar-refractivity contribution in [3.63, 3.8) is 0 Å². The predicted octanol–water partition coefficient (Wildman–Crippen LogP) is 4.25. The Hall–Kier alpha value is -2.71. The maximum atomic E-state index is 8.70. The standard InChI is InChI=1S/C11H14N2.C7H5ClN2.C4H11BO2/c1-8(2)5-10-6-9(7-12)3-4-11(10)13;8-6-3-5(4-9)1-2-7(6)10;1-4(2)3-5(6)7/h3-4,6,8H,5,13H2,1-2H3;1-3H,10H2;4,6-7H,3H2,1-2H3. The molecule has 0 unspecified atom stereocenters. The van der Waals surface area contributed by atoms with Crippen molar-refractivity contribution in [3.05, 3.63) is 58.1 Å². The maximum absolute atomic E-state index is 8.70. The summed E-state index contributed by atoms with van der Waals surface area (Å²) in [6.07, 6.45) is 1.40. The number of nitrogen functional groups attached to an aromatic ring is 2. The summed E-state index contributed by atoms with van der Waals surface area (Å²) in [6, 6.07) is 14.3. The van der Waals surface area contributed by atoms with Gasteiger partial charge >= 0.3 is 7.12 Å². The van der Waals surface area contributed by atoms with E-state index in [2.05, 4.69) is 19.9 Å². The molecule has 2 aromatic rings. The van der Waals surface area contributed by atoms with Crippen LogP contribution in [0.15, 0.2) is 36.4 Å². The van der Waals surface area contributed by atoms with Gasteiger partial charge in [0.05, 0.1) is 34.0 Å². The molecule has 0 aromatic heterocycles. The Morgan fingerprint density at radius 3 is 1.77 bits per heavy atom. The lowest BCUT2D eigenvalue weighted by molar-refractivity contribution is 0.394. The lowest BCUT2D eigenvalue weighted by atomic mass is 9.80. The largest absolute Gasteiger partial charge is 0.451 e. The highest BCUT2D eigenvalue weighted by Crippen LogP contribution is 2.19. The van der Waals surface area contributed by atoms with E-state index >= 15 is 0 Å². The SMILES string of the molecule is CC(C)CB(O)O.CC(C)Cc1cc(C#N)ccc1N.N#Cc1ccc(N)c(Cl)c1. The third-order valence-corrected chi connectivity index (χ3v) is 4.04. The van der Waals surface area contributed by atoms with Gasteiger partial charge in [-0.05, 0) is 66.5 Å². The van der Waals surface area contributed by atoms with Crippen LogP contribution in [0.2, 0.25) is 11.3 Å².